The molecular weight excluding hydrogens is 275 g/mol. The highest BCUT2D eigenvalue weighted by atomic mass is 31.2. The smallest absolute Gasteiger partial charge is 0.163 e. The molecule has 110 valence electrons. The molecule has 0 spiro atoms. The van der Waals surface area contributed by atoms with E-state index in [9.17, 15) is 4.57 Å². The van der Waals surface area contributed by atoms with Crippen LogP contribution in [0.1, 0.15) is 32.6 Å². The molecule has 0 aliphatic rings. The van der Waals surface area contributed by atoms with Crippen LogP contribution in [0, 0.1) is 0 Å². The van der Waals surface area contributed by atoms with E-state index in [2.05, 4.69) is 13.0 Å². The first-order valence-corrected chi connectivity index (χ1v) is 9.43. The summed E-state index contributed by atoms with van der Waals surface area (Å²) in [6.45, 7) is 2.20. The number of hydrogen-bond donors (Lipinski definition) is 0. The van der Waals surface area contributed by atoms with E-state index in [0.29, 0.717) is 0 Å². The minimum atomic E-state index is -2.65. The van der Waals surface area contributed by atoms with Gasteiger partial charge >= 0.3 is 0 Å². The van der Waals surface area contributed by atoms with Gasteiger partial charge in [-0.15, -0.1) is 0 Å². The average molecular weight is 298 g/mol. The second-order valence-electron chi connectivity index (χ2n) is 5.21. The molecule has 0 aliphatic carbocycles. The third-order valence-corrected chi connectivity index (χ3v) is 6.33. The van der Waals surface area contributed by atoms with E-state index in [1.165, 1.54) is 12.8 Å². The van der Waals surface area contributed by atoms with Crippen LogP contribution in [0.5, 0.6) is 0 Å². The lowest BCUT2D eigenvalue weighted by molar-refractivity contribution is 0.592. The number of hydrogen-bond acceptors (Lipinski definition) is 1. The van der Waals surface area contributed by atoms with Gasteiger partial charge in [0.15, 0.2) is 7.14 Å². The number of allylic oxidation sites excluding steroid dienone is 1. The van der Waals surface area contributed by atoms with E-state index in [-0.39, 0.29) is 0 Å². The fraction of sp³-hybridized carbons (Fsp3) is 0.263. The van der Waals surface area contributed by atoms with Crippen LogP contribution >= 0.6 is 7.14 Å². The first-order valence-electron chi connectivity index (χ1n) is 7.66. The zero-order chi connectivity index (χ0) is 15.0. The number of rotatable bonds is 7. The SMILES string of the molecule is CCCCC/C=C\P(=O)(c1ccccc1)c1ccccc1. The topological polar surface area (TPSA) is 17.1 Å². The van der Waals surface area contributed by atoms with Crippen LogP contribution in [-0.2, 0) is 4.57 Å². The van der Waals surface area contributed by atoms with Crippen LogP contribution < -0.4 is 10.6 Å². The van der Waals surface area contributed by atoms with Crippen LogP contribution in [0.15, 0.2) is 72.6 Å². The van der Waals surface area contributed by atoms with Crippen molar-refractivity contribution in [1.29, 1.82) is 0 Å². The van der Waals surface area contributed by atoms with Gasteiger partial charge in [0.1, 0.15) is 0 Å². The van der Waals surface area contributed by atoms with Crippen molar-refractivity contribution in [1.82, 2.24) is 0 Å². The number of benzene rings is 2. The molecule has 0 saturated heterocycles. The fourth-order valence-electron chi connectivity index (χ4n) is 2.36. The molecule has 0 aliphatic heterocycles. The van der Waals surface area contributed by atoms with Crippen molar-refractivity contribution in [2.45, 2.75) is 32.6 Å². The molecule has 0 fully saturated rings. The van der Waals surface area contributed by atoms with Gasteiger partial charge in [-0.25, -0.2) is 0 Å². The molecule has 0 amide bonds. The molecule has 1 nitrogen and oxygen atoms in total. The highest BCUT2D eigenvalue weighted by Crippen LogP contribution is 2.44. The summed E-state index contributed by atoms with van der Waals surface area (Å²) >= 11 is 0. The van der Waals surface area contributed by atoms with Crippen molar-refractivity contribution in [3.8, 4) is 0 Å². The maximum atomic E-state index is 13.6. The van der Waals surface area contributed by atoms with Gasteiger partial charge in [-0.1, -0.05) is 86.5 Å². The molecule has 0 heterocycles. The minimum absolute atomic E-state index is 0.906. The van der Waals surface area contributed by atoms with Crippen LogP contribution in [0.25, 0.3) is 0 Å². The summed E-state index contributed by atoms with van der Waals surface area (Å²) in [5.41, 5.74) is 0. The Kier molecular flexibility index (Phi) is 6.02. The van der Waals surface area contributed by atoms with Crippen molar-refractivity contribution < 1.29 is 4.57 Å². The van der Waals surface area contributed by atoms with E-state index in [0.717, 1.165) is 23.5 Å². The van der Waals surface area contributed by atoms with E-state index in [1.54, 1.807) is 0 Å². The van der Waals surface area contributed by atoms with Crippen LogP contribution in [0.2, 0.25) is 0 Å². The molecule has 0 N–H and O–H groups in total. The Balaban J connectivity index is 2.30. The molecule has 0 radical (unpaired) electrons. The number of unbranched alkanes of at least 4 members (excludes halogenated alkanes) is 3. The van der Waals surface area contributed by atoms with Gasteiger partial charge < -0.3 is 4.57 Å². The second kappa shape index (κ2) is 8.00. The molecule has 0 atom stereocenters. The van der Waals surface area contributed by atoms with Crippen molar-refractivity contribution in [2.75, 3.05) is 0 Å². The van der Waals surface area contributed by atoms with Gasteiger partial charge in [-0.3, -0.25) is 0 Å². The average Bonchev–Trinajstić information content (AvgIpc) is 2.56. The molecule has 2 rings (SSSR count). The summed E-state index contributed by atoms with van der Waals surface area (Å²) in [4.78, 5) is 0. The van der Waals surface area contributed by atoms with Gasteiger partial charge in [0, 0.05) is 10.6 Å². The van der Waals surface area contributed by atoms with Crippen LogP contribution in [0.4, 0.5) is 0 Å². The Morgan fingerprint density at radius 2 is 1.38 bits per heavy atom. The first kappa shape index (κ1) is 15.8. The van der Waals surface area contributed by atoms with Crippen molar-refractivity contribution >= 4 is 17.8 Å². The minimum Gasteiger partial charge on any atom is -0.309 e. The molecule has 0 unspecified atom stereocenters. The summed E-state index contributed by atoms with van der Waals surface area (Å²) in [7, 11) is -2.65. The maximum Gasteiger partial charge on any atom is 0.163 e. The maximum absolute atomic E-state index is 13.6. The predicted octanol–water partition coefficient (Wildman–Crippen LogP) is 5.09. The summed E-state index contributed by atoms with van der Waals surface area (Å²) in [5.74, 6) is 1.94. The largest absolute Gasteiger partial charge is 0.309 e. The van der Waals surface area contributed by atoms with E-state index < -0.39 is 7.14 Å². The highest BCUT2D eigenvalue weighted by molar-refractivity contribution is 7.81. The van der Waals surface area contributed by atoms with Crippen LogP contribution in [0.3, 0.4) is 0 Å². The van der Waals surface area contributed by atoms with Crippen molar-refractivity contribution in [3.63, 3.8) is 0 Å². The molecule has 0 saturated carbocycles. The Labute approximate surface area is 128 Å². The second-order valence-corrected chi connectivity index (χ2v) is 7.86. The quantitative estimate of drug-likeness (QED) is 0.514. The monoisotopic (exact) mass is 298 g/mol. The van der Waals surface area contributed by atoms with Crippen LogP contribution in [-0.4, -0.2) is 0 Å². The van der Waals surface area contributed by atoms with Gasteiger partial charge in [0.05, 0.1) is 0 Å². The summed E-state index contributed by atoms with van der Waals surface area (Å²) in [6, 6.07) is 19.6. The Morgan fingerprint density at radius 3 is 1.86 bits per heavy atom. The lowest BCUT2D eigenvalue weighted by Crippen LogP contribution is -2.13. The fourth-order valence-corrected chi connectivity index (χ4v) is 4.67. The zero-order valence-electron chi connectivity index (χ0n) is 12.6. The third-order valence-electron chi connectivity index (χ3n) is 3.57. The Morgan fingerprint density at radius 1 is 0.857 bits per heavy atom. The van der Waals surface area contributed by atoms with E-state index in [1.807, 2.05) is 66.5 Å². The molecule has 2 aromatic carbocycles. The normalized spacial score (nSPS) is 11.9. The van der Waals surface area contributed by atoms with Gasteiger partial charge in [-0.2, -0.15) is 0 Å². The lowest BCUT2D eigenvalue weighted by atomic mass is 10.2. The Bertz CT molecular complexity index is 558. The predicted molar refractivity (Wildman–Crippen MR) is 93.0 cm³/mol. The molecule has 2 heteroatoms. The van der Waals surface area contributed by atoms with E-state index in [4.69, 9.17) is 0 Å². The van der Waals surface area contributed by atoms with Gasteiger partial charge in [-0.05, 0) is 18.7 Å². The summed E-state index contributed by atoms with van der Waals surface area (Å²) < 4.78 is 13.6. The van der Waals surface area contributed by atoms with E-state index >= 15 is 0 Å². The Hall–Kier alpha value is -1.59. The molecule has 21 heavy (non-hydrogen) atoms. The molecule has 2 aromatic rings. The van der Waals surface area contributed by atoms with Crippen molar-refractivity contribution in [2.24, 2.45) is 0 Å². The zero-order valence-corrected chi connectivity index (χ0v) is 13.5. The lowest BCUT2D eigenvalue weighted by Gasteiger charge is -2.15. The molecule has 0 aromatic heterocycles. The summed E-state index contributed by atoms with van der Waals surface area (Å²) in [5, 5.41) is 1.81. The molecule has 0 bridgehead atoms. The standard InChI is InChI=1S/C19H23OP/c1-2-3-4-5-12-17-21(20,18-13-8-6-9-14-18)19-15-10-7-11-16-19/h6-17H,2-5H2,1H3/b17-12-. The molecular formula is C19H23OP. The van der Waals surface area contributed by atoms with Gasteiger partial charge in [0.2, 0.25) is 0 Å². The first-order chi connectivity index (χ1) is 10.3. The third kappa shape index (κ3) is 4.19. The van der Waals surface area contributed by atoms with Gasteiger partial charge in [0.25, 0.3) is 0 Å². The summed E-state index contributed by atoms with van der Waals surface area (Å²) in [6.07, 6.45) is 6.69. The highest BCUT2D eigenvalue weighted by Gasteiger charge is 2.23. The van der Waals surface area contributed by atoms with Crippen molar-refractivity contribution in [3.05, 3.63) is 72.6 Å².